The van der Waals surface area contributed by atoms with Gasteiger partial charge in [0, 0.05) is 27.8 Å². The predicted molar refractivity (Wildman–Crippen MR) is 80.9 cm³/mol. The lowest BCUT2D eigenvalue weighted by Crippen LogP contribution is -1.95. The molecule has 1 aromatic heterocycles. The Morgan fingerprint density at radius 1 is 0.950 bits per heavy atom. The minimum absolute atomic E-state index is 0.327. The standard InChI is InChI=1S/C16H13NO2S/c17-10-11-1-5-13(6-2-11)20-14-7-3-12-4-8-16(18)19-15(12)9-14/h1-9H,10,17H2. The van der Waals surface area contributed by atoms with Crippen LogP contribution in [0.1, 0.15) is 5.56 Å². The third-order valence-electron chi connectivity index (χ3n) is 2.99. The number of benzene rings is 2. The highest BCUT2D eigenvalue weighted by molar-refractivity contribution is 7.99. The van der Waals surface area contributed by atoms with Gasteiger partial charge >= 0.3 is 5.63 Å². The van der Waals surface area contributed by atoms with Gasteiger partial charge in [0.1, 0.15) is 5.58 Å². The van der Waals surface area contributed by atoms with Gasteiger partial charge in [0.15, 0.2) is 0 Å². The molecule has 0 amide bonds. The normalized spacial score (nSPS) is 10.8. The summed E-state index contributed by atoms with van der Waals surface area (Å²) in [4.78, 5) is 13.4. The molecule has 0 aliphatic carbocycles. The molecule has 0 radical (unpaired) electrons. The van der Waals surface area contributed by atoms with Gasteiger partial charge in [-0.05, 0) is 35.9 Å². The third kappa shape index (κ3) is 2.76. The Morgan fingerprint density at radius 3 is 2.40 bits per heavy atom. The summed E-state index contributed by atoms with van der Waals surface area (Å²) in [5, 5.41) is 0.924. The Kier molecular flexibility index (Phi) is 3.58. The maximum Gasteiger partial charge on any atom is 0.336 e. The zero-order valence-corrected chi connectivity index (χ0v) is 11.5. The van der Waals surface area contributed by atoms with Crippen LogP contribution in [-0.2, 0) is 6.54 Å². The summed E-state index contributed by atoms with van der Waals surface area (Å²) in [5.74, 6) is 0. The lowest BCUT2D eigenvalue weighted by molar-refractivity contribution is 0.560. The highest BCUT2D eigenvalue weighted by atomic mass is 32.2. The highest BCUT2D eigenvalue weighted by Crippen LogP contribution is 2.29. The van der Waals surface area contributed by atoms with Gasteiger partial charge in [0.05, 0.1) is 0 Å². The SMILES string of the molecule is NCc1ccc(Sc2ccc3ccc(=O)oc3c2)cc1. The number of fused-ring (bicyclic) bond motifs is 1. The van der Waals surface area contributed by atoms with Gasteiger partial charge in [-0.25, -0.2) is 4.79 Å². The maximum absolute atomic E-state index is 11.2. The molecular weight excluding hydrogens is 270 g/mol. The molecule has 0 aliphatic rings. The van der Waals surface area contributed by atoms with E-state index >= 15 is 0 Å². The largest absolute Gasteiger partial charge is 0.423 e. The van der Waals surface area contributed by atoms with E-state index in [-0.39, 0.29) is 5.63 Å². The lowest BCUT2D eigenvalue weighted by Gasteiger charge is -2.04. The van der Waals surface area contributed by atoms with Crippen LogP contribution < -0.4 is 11.4 Å². The minimum Gasteiger partial charge on any atom is -0.423 e. The molecule has 0 saturated carbocycles. The highest BCUT2D eigenvalue weighted by Gasteiger charge is 2.02. The van der Waals surface area contributed by atoms with E-state index < -0.39 is 0 Å². The quantitative estimate of drug-likeness (QED) is 0.748. The Bertz CT molecular complexity index is 793. The van der Waals surface area contributed by atoms with Crippen LogP contribution in [0.25, 0.3) is 11.0 Å². The molecule has 3 aromatic rings. The summed E-state index contributed by atoms with van der Waals surface area (Å²) in [6.45, 7) is 0.548. The Labute approximate surface area is 120 Å². The molecule has 0 saturated heterocycles. The molecule has 4 heteroatoms. The number of nitrogens with two attached hydrogens (primary N) is 1. The lowest BCUT2D eigenvalue weighted by atomic mass is 10.2. The van der Waals surface area contributed by atoms with Crippen LogP contribution in [0.15, 0.2) is 73.6 Å². The molecule has 2 aromatic carbocycles. The van der Waals surface area contributed by atoms with E-state index in [0.29, 0.717) is 12.1 Å². The summed E-state index contributed by atoms with van der Waals surface area (Å²) in [6, 6.07) is 17.2. The van der Waals surface area contributed by atoms with Crippen molar-refractivity contribution in [3.8, 4) is 0 Å². The summed E-state index contributed by atoms with van der Waals surface area (Å²) >= 11 is 1.62. The minimum atomic E-state index is -0.327. The fourth-order valence-electron chi connectivity index (χ4n) is 1.93. The van der Waals surface area contributed by atoms with Crippen molar-refractivity contribution >= 4 is 22.7 Å². The summed E-state index contributed by atoms with van der Waals surface area (Å²) in [6.07, 6.45) is 0. The van der Waals surface area contributed by atoms with Crippen molar-refractivity contribution in [1.82, 2.24) is 0 Å². The monoisotopic (exact) mass is 283 g/mol. The molecule has 20 heavy (non-hydrogen) atoms. The van der Waals surface area contributed by atoms with Crippen molar-refractivity contribution in [2.24, 2.45) is 5.73 Å². The van der Waals surface area contributed by atoms with Crippen LogP contribution in [0.5, 0.6) is 0 Å². The number of rotatable bonds is 3. The van der Waals surface area contributed by atoms with E-state index in [1.165, 1.54) is 6.07 Å². The van der Waals surface area contributed by atoms with Crippen LogP contribution in [0.3, 0.4) is 0 Å². The summed E-state index contributed by atoms with van der Waals surface area (Å²) in [7, 11) is 0. The molecular formula is C16H13NO2S. The summed E-state index contributed by atoms with van der Waals surface area (Å²) < 4.78 is 5.19. The van der Waals surface area contributed by atoms with Gasteiger partial charge in [0.2, 0.25) is 0 Å². The van der Waals surface area contributed by atoms with Gasteiger partial charge < -0.3 is 10.2 Å². The fourth-order valence-corrected chi connectivity index (χ4v) is 2.78. The van der Waals surface area contributed by atoms with E-state index in [1.807, 2.05) is 42.5 Å². The van der Waals surface area contributed by atoms with E-state index in [0.717, 1.165) is 20.7 Å². The first-order chi connectivity index (χ1) is 9.74. The Morgan fingerprint density at radius 2 is 1.65 bits per heavy atom. The van der Waals surface area contributed by atoms with Gasteiger partial charge in [-0.3, -0.25) is 0 Å². The van der Waals surface area contributed by atoms with E-state index in [9.17, 15) is 4.79 Å². The first-order valence-electron chi connectivity index (χ1n) is 6.25. The number of hydrogen-bond acceptors (Lipinski definition) is 4. The molecule has 0 spiro atoms. The zero-order chi connectivity index (χ0) is 13.9. The molecule has 1 heterocycles. The van der Waals surface area contributed by atoms with Crippen molar-refractivity contribution in [3.63, 3.8) is 0 Å². The second kappa shape index (κ2) is 5.53. The van der Waals surface area contributed by atoms with Crippen LogP contribution in [0, 0.1) is 0 Å². The average Bonchev–Trinajstić information content (AvgIpc) is 2.47. The van der Waals surface area contributed by atoms with Crippen molar-refractivity contribution in [2.75, 3.05) is 0 Å². The van der Waals surface area contributed by atoms with E-state index in [1.54, 1.807) is 17.8 Å². The fraction of sp³-hybridized carbons (Fsp3) is 0.0625. The molecule has 0 fully saturated rings. The second-order valence-electron chi connectivity index (χ2n) is 4.40. The van der Waals surface area contributed by atoms with Gasteiger partial charge in [-0.2, -0.15) is 0 Å². The average molecular weight is 283 g/mol. The first kappa shape index (κ1) is 13.0. The second-order valence-corrected chi connectivity index (χ2v) is 5.55. The van der Waals surface area contributed by atoms with Crippen LogP contribution in [0.2, 0.25) is 0 Å². The Balaban J connectivity index is 1.91. The van der Waals surface area contributed by atoms with Crippen molar-refractivity contribution in [3.05, 3.63) is 70.6 Å². The molecule has 0 unspecified atom stereocenters. The molecule has 100 valence electrons. The zero-order valence-electron chi connectivity index (χ0n) is 10.7. The van der Waals surface area contributed by atoms with Crippen LogP contribution in [-0.4, -0.2) is 0 Å². The molecule has 2 N–H and O–H groups in total. The Hall–Kier alpha value is -2.04. The van der Waals surface area contributed by atoms with Gasteiger partial charge in [0.25, 0.3) is 0 Å². The van der Waals surface area contributed by atoms with Crippen LogP contribution >= 0.6 is 11.8 Å². The van der Waals surface area contributed by atoms with Crippen LogP contribution in [0.4, 0.5) is 0 Å². The van der Waals surface area contributed by atoms with E-state index in [4.69, 9.17) is 10.2 Å². The van der Waals surface area contributed by atoms with E-state index in [2.05, 4.69) is 0 Å². The van der Waals surface area contributed by atoms with Gasteiger partial charge in [-0.1, -0.05) is 30.0 Å². The smallest absolute Gasteiger partial charge is 0.336 e. The molecule has 0 atom stereocenters. The number of hydrogen-bond donors (Lipinski definition) is 1. The van der Waals surface area contributed by atoms with Crippen molar-refractivity contribution in [2.45, 2.75) is 16.3 Å². The molecule has 0 aliphatic heterocycles. The summed E-state index contributed by atoms with van der Waals surface area (Å²) in [5.41, 5.74) is 6.98. The molecule has 0 bridgehead atoms. The maximum atomic E-state index is 11.2. The molecule has 3 rings (SSSR count). The van der Waals surface area contributed by atoms with Gasteiger partial charge in [-0.15, -0.1) is 0 Å². The first-order valence-corrected chi connectivity index (χ1v) is 7.07. The van der Waals surface area contributed by atoms with Crippen molar-refractivity contribution in [1.29, 1.82) is 0 Å². The van der Waals surface area contributed by atoms with Crippen molar-refractivity contribution < 1.29 is 4.42 Å². The molecule has 3 nitrogen and oxygen atoms in total. The third-order valence-corrected chi connectivity index (χ3v) is 3.99. The predicted octanol–water partition coefficient (Wildman–Crippen LogP) is 3.40. The topological polar surface area (TPSA) is 56.2 Å².